The minimum absolute atomic E-state index is 0.0433. The average molecular weight is 468 g/mol. The maximum atomic E-state index is 13.3. The highest BCUT2D eigenvalue weighted by Gasteiger charge is 2.24. The lowest BCUT2D eigenvalue weighted by Gasteiger charge is -2.02. The molecule has 0 spiro atoms. The van der Waals surface area contributed by atoms with Crippen LogP contribution in [0.2, 0.25) is 15.1 Å². The van der Waals surface area contributed by atoms with Gasteiger partial charge in [0.25, 0.3) is 5.91 Å². The fourth-order valence-electron chi connectivity index (χ4n) is 2.58. The van der Waals surface area contributed by atoms with Gasteiger partial charge in [-0.1, -0.05) is 40.9 Å². The van der Waals surface area contributed by atoms with Crippen molar-refractivity contribution in [3.8, 4) is 11.3 Å². The molecule has 3 aromatic rings. The first-order valence-corrected chi connectivity index (χ1v) is 10.1. The third kappa shape index (κ3) is 4.36. The number of furan rings is 1. The van der Waals surface area contributed by atoms with Gasteiger partial charge in [0.2, 0.25) is 0 Å². The summed E-state index contributed by atoms with van der Waals surface area (Å²) < 4.78 is 19.0. The number of hydrogen-bond donors (Lipinski definition) is 1. The Labute approximate surface area is 184 Å². The molecule has 1 aliphatic rings. The Balaban J connectivity index is 1.58. The maximum Gasteiger partial charge on any atom is 0.264 e. The molecule has 1 saturated heterocycles. The lowest BCUT2D eigenvalue weighted by Crippen LogP contribution is -2.19. The normalized spacial score (nSPS) is 16.6. The van der Waals surface area contributed by atoms with Crippen molar-refractivity contribution in [2.75, 3.05) is 0 Å². The van der Waals surface area contributed by atoms with Crippen LogP contribution in [0.15, 0.2) is 62.8 Å². The summed E-state index contributed by atoms with van der Waals surface area (Å²) in [6.45, 7) is 0. The SMILES string of the molecule is O=C1NC(=Nc2ccc(F)c(Cl)c2)SC1=Cc1ccc(-c2c(Cl)cccc2Cl)o1. The van der Waals surface area contributed by atoms with Gasteiger partial charge in [0.15, 0.2) is 5.17 Å². The minimum atomic E-state index is -0.536. The number of amidine groups is 1. The van der Waals surface area contributed by atoms with Gasteiger partial charge in [-0.25, -0.2) is 9.38 Å². The fourth-order valence-corrected chi connectivity index (χ4v) is 4.16. The topological polar surface area (TPSA) is 54.6 Å². The van der Waals surface area contributed by atoms with Crippen LogP contribution in [0, 0.1) is 5.82 Å². The Morgan fingerprint density at radius 2 is 1.79 bits per heavy atom. The Hall–Kier alpha value is -2.25. The summed E-state index contributed by atoms with van der Waals surface area (Å²) in [5.74, 6) is 0.0904. The number of halogens is 4. The van der Waals surface area contributed by atoms with Gasteiger partial charge in [-0.2, -0.15) is 0 Å². The molecule has 1 fully saturated rings. The zero-order chi connectivity index (χ0) is 20.5. The molecule has 29 heavy (non-hydrogen) atoms. The first kappa shape index (κ1) is 20.0. The van der Waals surface area contributed by atoms with E-state index in [1.165, 1.54) is 18.2 Å². The number of thioether (sulfide) groups is 1. The van der Waals surface area contributed by atoms with E-state index in [2.05, 4.69) is 10.3 Å². The second kappa shape index (κ2) is 8.24. The lowest BCUT2D eigenvalue weighted by molar-refractivity contribution is -0.115. The van der Waals surface area contributed by atoms with Crippen LogP contribution >= 0.6 is 46.6 Å². The number of amides is 1. The summed E-state index contributed by atoms with van der Waals surface area (Å²) in [5, 5.41) is 3.89. The minimum Gasteiger partial charge on any atom is -0.457 e. The first-order valence-electron chi connectivity index (χ1n) is 8.19. The molecule has 146 valence electrons. The molecule has 4 rings (SSSR count). The second-order valence-corrected chi connectivity index (χ2v) is 8.13. The predicted molar refractivity (Wildman–Crippen MR) is 116 cm³/mol. The summed E-state index contributed by atoms with van der Waals surface area (Å²) in [6, 6.07) is 12.7. The summed E-state index contributed by atoms with van der Waals surface area (Å²) in [7, 11) is 0. The highest BCUT2D eigenvalue weighted by molar-refractivity contribution is 8.18. The number of rotatable bonds is 3. The Bertz CT molecular complexity index is 1170. The summed E-state index contributed by atoms with van der Waals surface area (Å²) in [6.07, 6.45) is 1.59. The zero-order valence-corrected chi connectivity index (χ0v) is 17.5. The molecule has 9 heteroatoms. The molecular formula is C20H10Cl3FN2O2S. The molecule has 0 unspecified atom stereocenters. The summed E-state index contributed by atoms with van der Waals surface area (Å²) in [5.41, 5.74) is 1.01. The highest BCUT2D eigenvalue weighted by atomic mass is 35.5. The van der Waals surface area contributed by atoms with Gasteiger partial charge in [-0.05, 0) is 54.2 Å². The van der Waals surface area contributed by atoms with Gasteiger partial charge in [-0.15, -0.1) is 0 Å². The van der Waals surface area contributed by atoms with Crippen LogP contribution in [-0.4, -0.2) is 11.1 Å². The van der Waals surface area contributed by atoms with E-state index in [0.717, 1.165) is 11.8 Å². The number of benzene rings is 2. The van der Waals surface area contributed by atoms with Crippen LogP contribution in [0.4, 0.5) is 10.1 Å². The molecule has 1 amide bonds. The fraction of sp³-hybridized carbons (Fsp3) is 0. The molecule has 0 aliphatic carbocycles. The van der Waals surface area contributed by atoms with E-state index in [1.807, 2.05) is 0 Å². The van der Waals surface area contributed by atoms with E-state index in [1.54, 1.807) is 36.4 Å². The van der Waals surface area contributed by atoms with Crippen LogP contribution in [0.1, 0.15) is 5.76 Å². The quantitative estimate of drug-likeness (QED) is 0.425. The molecule has 1 aromatic heterocycles. The van der Waals surface area contributed by atoms with Crippen molar-refractivity contribution in [2.45, 2.75) is 0 Å². The third-order valence-electron chi connectivity index (χ3n) is 3.89. The van der Waals surface area contributed by atoms with E-state index < -0.39 is 5.82 Å². The van der Waals surface area contributed by atoms with E-state index in [0.29, 0.717) is 42.9 Å². The number of carbonyl (C=O) groups excluding carboxylic acids is 1. The lowest BCUT2D eigenvalue weighted by atomic mass is 10.2. The Morgan fingerprint density at radius 1 is 1.03 bits per heavy atom. The number of nitrogens with zero attached hydrogens (tertiary/aromatic N) is 1. The summed E-state index contributed by atoms with van der Waals surface area (Å²) in [4.78, 5) is 16.9. The second-order valence-electron chi connectivity index (χ2n) is 5.88. The van der Waals surface area contributed by atoms with Crippen LogP contribution in [-0.2, 0) is 4.79 Å². The van der Waals surface area contributed by atoms with Gasteiger partial charge in [0.05, 0.1) is 31.2 Å². The maximum absolute atomic E-state index is 13.3. The highest BCUT2D eigenvalue weighted by Crippen LogP contribution is 2.36. The standard InChI is InChI=1S/C20H10Cl3FN2O2S/c21-12-2-1-3-13(22)18(12)16-7-5-11(28-16)9-17-19(27)26-20(29-17)25-10-4-6-15(24)14(23)8-10/h1-9H,(H,25,26,27). The molecule has 0 radical (unpaired) electrons. The van der Waals surface area contributed by atoms with Gasteiger partial charge < -0.3 is 9.73 Å². The van der Waals surface area contributed by atoms with E-state index in [9.17, 15) is 9.18 Å². The van der Waals surface area contributed by atoms with Crippen LogP contribution in [0.3, 0.4) is 0 Å². The van der Waals surface area contributed by atoms with Crippen molar-refractivity contribution in [1.82, 2.24) is 5.32 Å². The van der Waals surface area contributed by atoms with Crippen molar-refractivity contribution in [2.24, 2.45) is 4.99 Å². The Kier molecular flexibility index (Phi) is 5.69. The number of hydrogen-bond acceptors (Lipinski definition) is 4. The van der Waals surface area contributed by atoms with Crippen LogP contribution in [0.25, 0.3) is 17.4 Å². The smallest absolute Gasteiger partial charge is 0.264 e. The largest absolute Gasteiger partial charge is 0.457 e. The van der Waals surface area contributed by atoms with E-state index in [4.69, 9.17) is 39.2 Å². The molecule has 0 saturated carbocycles. The molecule has 2 heterocycles. The van der Waals surface area contributed by atoms with Gasteiger partial charge in [0.1, 0.15) is 17.3 Å². The first-order chi connectivity index (χ1) is 13.9. The monoisotopic (exact) mass is 466 g/mol. The van der Waals surface area contributed by atoms with Crippen LogP contribution in [0.5, 0.6) is 0 Å². The van der Waals surface area contributed by atoms with Gasteiger partial charge >= 0.3 is 0 Å². The molecule has 1 aliphatic heterocycles. The number of nitrogens with one attached hydrogen (secondary N) is 1. The summed E-state index contributed by atoms with van der Waals surface area (Å²) >= 11 is 19.3. The molecule has 0 atom stereocenters. The third-order valence-corrected chi connectivity index (χ3v) is 5.72. The van der Waals surface area contributed by atoms with E-state index in [-0.39, 0.29) is 10.9 Å². The molecule has 4 nitrogen and oxygen atoms in total. The van der Waals surface area contributed by atoms with Gasteiger partial charge in [-0.3, -0.25) is 4.79 Å². The molecule has 0 bridgehead atoms. The van der Waals surface area contributed by atoms with Crippen molar-refractivity contribution in [3.05, 3.63) is 80.1 Å². The average Bonchev–Trinajstić information content (AvgIpc) is 3.25. The van der Waals surface area contributed by atoms with E-state index >= 15 is 0 Å². The molecule has 1 N–H and O–H groups in total. The molecular weight excluding hydrogens is 458 g/mol. The van der Waals surface area contributed by atoms with Crippen molar-refractivity contribution in [1.29, 1.82) is 0 Å². The number of carbonyl (C=O) groups is 1. The van der Waals surface area contributed by atoms with Gasteiger partial charge in [0, 0.05) is 6.08 Å². The number of aliphatic imine (C=N–C) groups is 1. The van der Waals surface area contributed by atoms with Crippen molar-refractivity contribution >= 4 is 69.4 Å². The predicted octanol–water partition coefficient (Wildman–Crippen LogP) is 6.94. The Morgan fingerprint density at radius 3 is 2.52 bits per heavy atom. The van der Waals surface area contributed by atoms with Crippen LogP contribution < -0.4 is 5.32 Å². The van der Waals surface area contributed by atoms with Crippen molar-refractivity contribution in [3.63, 3.8) is 0 Å². The molecule has 2 aromatic carbocycles. The zero-order valence-electron chi connectivity index (χ0n) is 14.4. The van der Waals surface area contributed by atoms with Crippen molar-refractivity contribution < 1.29 is 13.6 Å².